The number of aliphatic imine (C=N–C) groups is 2. The van der Waals surface area contributed by atoms with E-state index in [0.717, 1.165) is 66.1 Å². The van der Waals surface area contributed by atoms with E-state index in [1.54, 1.807) is 6.21 Å². The minimum atomic E-state index is 0.158. The van der Waals surface area contributed by atoms with Gasteiger partial charge < -0.3 is 4.42 Å². The quantitative estimate of drug-likeness (QED) is 0.146. The summed E-state index contributed by atoms with van der Waals surface area (Å²) in [5, 5.41) is 15.5. The largest absolute Gasteiger partial charge is 0.455 e. The third kappa shape index (κ3) is 5.69. The minimum Gasteiger partial charge on any atom is -0.455 e. The number of benzene rings is 8. The van der Waals surface area contributed by atoms with Gasteiger partial charge in [-0.25, -0.2) is 9.98 Å². The highest BCUT2D eigenvalue weighted by Gasteiger charge is 2.16. The van der Waals surface area contributed by atoms with Gasteiger partial charge in [0.25, 0.3) is 0 Å². The monoisotopic (exact) mass is 653 g/mol. The average molecular weight is 654 g/mol. The molecule has 0 atom stereocenters. The van der Waals surface area contributed by atoms with Crippen LogP contribution in [0.3, 0.4) is 0 Å². The Hall–Kier alpha value is -6.91. The van der Waals surface area contributed by atoms with Crippen LogP contribution in [0.1, 0.15) is 16.7 Å². The van der Waals surface area contributed by atoms with Gasteiger partial charge >= 0.3 is 0 Å². The molecule has 0 saturated heterocycles. The molecule has 1 N–H and O–H groups in total. The van der Waals surface area contributed by atoms with Crippen LogP contribution in [0.25, 0.3) is 65.7 Å². The fourth-order valence-corrected chi connectivity index (χ4v) is 6.89. The molecule has 4 nitrogen and oxygen atoms in total. The fraction of sp³-hybridized carbons (Fsp3) is 0. The molecule has 51 heavy (non-hydrogen) atoms. The number of nitrogens with zero attached hydrogens (tertiary/aromatic N) is 2. The van der Waals surface area contributed by atoms with Crippen molar-refractivity contribution < 1.29 is 4.42 Å². The Morgan fingerprint density at radius 2 is 1.16 bits per heavy atom. The summed E-state index contributed by atoms with van der Waals surface area (Å²) in [5.74, 6) is 0.632. The first-order valence-electron chi connectivity index (χ1n) is 17.0. The topological polar surface area (TPSA) is 61.7 Å². The lowest BCUT2D eigenvalue weighted by molar-refractivity contribution is 0.673. The zero-order valence-corrected chi connectivity index (χ0v) is 27.6. The van der Waals surface area contributed by atoms with E-state index in [2.05, 4.69) is 103 Å². The summed E-state index contributed by atoms with van der Waals surface area (Å²) in [4.78, 5) is 9.47. The molecule has 0 aliphatic rings. The molecule has 0 aliphatic carbocycles. The van der Waals surface area contributed by atoms with Crippen molar-refractivity contribution in [2.45, 2.75) is 0 Å². The van der Waals surface area contributed by atoms with Gasteiger partial charge in [-0.3, -0.25) is 5.41 Å². The highest BCUT2D eigenvalue weighted by atomic mass is 16.3. The normalized spacial score (nSPS) is 12.0. The van der Waals surface area contributed by atoms with Crippen LogP contribution in [-0.2, 0) is 0 Å². The van der Waals surface area contributed by atoms with Crippen LogP contribution in [0.5, 0.6) is 0 Å². The van der Waals surface area contributed by atoms with Gasteiger partial charge in [0, 0.05) is 33.5 Å². The van der Waals surface area contributed by atoms with Crippen LogP contribution in [-0.4, -0.2) is 17.9 Å². The van der Waals surface area contributed by atoms with Crippen LogP contribution in [0.4, 0.5) is 0 Å². The second kappa shape index (κ2) is 12.8. The molecule has 0 radical (unpaired) electrons. The van der Waals surface area contributed by atoms with Crippen molar-refractivity contribution in [3.63, 3.8) is 0 Å². The molecule has 0 aliphatic heterocycles. The molecule has 0 bridgehead atoms. The van der Waals surface area contributed by atoms with E-state index in [0.29, 0.717) is 5.84 Å². The average Bonchev–Trinajstić information content (AvgIpc) is 3.58. The van der Waals surface area contributed by atoms with Crippen molar-refractivity contribution in [1.29, 1.82) is 5.41 Å². The summed E-state index contributed by atoms with van der Waals surface area (Å²) in [7, 11) is 0. The van der Waals surface area contributed by atoms with Crippen LogP contribution < -0.4 is 0 Å². The number of rotatable bonds is 5. The van der Waals surface area contributed by atoms with E-state index in [-0.39, 0.29) is 5.84 Å². The van der Waals surface area contributed by atoms with Gasteiger partial charge in [0.1, 0.15) is 11.2 Å². The summed E-state index contributed by atoms with van der Waals surface area (Å²) in [6.45, 7) is 0. The maximum absolute atomic E-state index is 8.73. The predicted octanol–water partition coefficient (Wildman–Crippen LogP) is 12.1. The molecular weight excluding hydrogens is 623 g/mol. The number of furan rings is 1. The first-order valence-corrected chi connectivity index (χ1v) is 17.0. The molecule has 8 aromatic carbocycles. The summed E-state index contributed by atoms with van der Waals surface area (Å²) in [5.41, 5.74) is 8.82. The van der Waals surface area contributed by atoms with Crippen molar-refractivity contribution in [2.24, 2.45) is 9.98 Å². The molecule has 9 aromatic rings. The zero-order valence-electron chi connectivity index (χ0n) is 27.6. The fourth-order valence-electron chi connectivity index (χ4n) is 6.89. The van der Waals surface area contributed by atoms with E-state index < -0.39 is 0 Å². The molecule has 0 spiro atoms. The van der Waals surface area contributed by atoms with E-state index in [4.69, 9.17) is 19.8 Å². The summed E-state index contributed by atoms with van der Waals surface area (Å²) in [6.07, 6.45) is 1.79. The first kappa shape index (κ1) is 30.2. The smallest absolute Gasteiger partial charge is 0.161 e. The number of hydrogen-bond acceptors (Lipinski definition) is 2. The van der Waals surface area contributed by atoms with Gasteiger partial charge in [0.2, 0.25) is 0 Å². The lowest BCUT2D eigenvalue weighted by atomic mass is 9.93. The maximum Gasteiger partial charge on any atom is 0.161 e. The molecule has 0 amide bonds. The Kier molecular flexibility index (Phi) is 7.60. The molecule has 4 heteroatoms. The molecular formula is C47H31N3O. The summed E-state index contributed by atoms with van der Waals surface area (Å²) in [6, 6.07) is 60.0. The highest BCUT2D eigenvalue weighted by molar-refractivity contribution is 6.20. The Balaban J connectivity index is 1.16. The first-order chi connectivity index (χ1) is 25.2. The summed E-state index contributed by atoms with van der Waals surface area (Å²) >= 11 is 0. The second-order valence-corrected chi connectivity index (χ2v) is 12.6. The van der Waals surface area contributed by atoms with Crippen LogP contribution >= 0.6 is 0 Å². The predicted molar refractivity (Wildman–Crippen MR) is 213 cm³/mol. The zero-order chi connectivity index (χ0) is 34.1. The van der Waals surface area contributed by atoms with Crippen molar-refractivity contribution in [2.75, 3.05) is 0 Å². The third-order valence-electron chi connectivity index (χ3n) is 9.43. The van der Waals surface area contributed by atoms with Crippen molar-refractivity contribution in [1.82, 2.24) is 0 Å². The Bertz CT molecular complexity index is 2790. The highest BCUT2D eigenvalue weighted by Crippen LogP contribution is 2.41. The van der Waals surface area contributed by atoms with Crippen molar-refractivity contribution in [3.05, 3.63) is 193 Å². The molecule has 0 saturated carbocycles. The SMILES string of the molecule is N=C(N=C(N=Cc1ccccc1)c1ccc(-c2cc3c4cc(-c5cccc6ccccc56)ccc4oc3c3ccccc23)cc1)c1ccccc1. The van der Waals surface area contributed by atoms with E-state index in [1.807, 2.05) is 72.8 Å². The van der Waals surface area contributed by atoms with Gasteiger partial charge in [-0.15, -0.1) is 0 Å². The van der Waals surface area contributed by atoms with Gasteiger partial charge in [0.15, 0.2) is 11.7 Å². The van der Waals surface area contributed by atoms with Crippen LogP contribution in [0.15, 0.2) is 190 Å². The number of fused-ring (bicyclic) bond motifs is 6. The lowest BCUT2D eigenvalue weighted by Crippen LogP contribution is -2.04. The van der Waals surface area contributed by atoms with E-state index in [1.165, 1.54) is 16.3 Å². The van der Waals surface area contributed by atoms with Crippen LogP contribution in [0.2, 0.25) is 0 Å². The molecule has 1 aromatic heterocycles. The van der Waals surface area contributed by atoms with E-state index >= 15 is 0 Å². The van der Waals surface area contributed by atoms with Gasteiger partial charge in [-0.1, -0.05) is 158 Å². The molecule has 0 unspecified atom stereocenters. The standard InChI is InChI=1S/C47H31N3O/c48-46(34-15-5-2-6-16-34)50-47(49-30-31-12-3-1-4-13-31)35-24-22-33(23-25-35)41-29-43-42-28-36(38-21-11-17-32-14-7-8-18-37(32)38)26-27-44(42)51-45(43)40-20-10-9-19-39(40)41/h1-30,48H. The van der Waals surface area contributed by atoms with Gasteiger partial charge in [0.05, 0.1) is 0 Å². The maximum atomic E-state index is 8.73. The van der Waals surface area contributed by atoms with Gasteiger partial charge in [-0.2, -0.15) is 0 Å². The second-order valence-electron chi connectivity index (χ2n) is 12.6. The molecule has 0 fully saturated rings. The Morgan fingerprint density at radius 1 is 0.490 bits per heavy atom. The van der Waals surface area contributed by atoms with E-state index in [9.17, 15) is 0 Å². The minimum absolute atomic E-state index is 0.158. The Labute approximate surface area is 295 Å². The van der Waals surface area contributed by atoms with Crippen LogP contribution in [0, 0.1) is 5.41 Å². The molecule has 240 valence electrons. The lowest BCUT2D eigenvalue weighted by Gasteiger charge is -2.10. The number of nitrogens with one attached hydrogen (secondary N) is 1. The number of amidine groups is 2. The molecule has 1 heterocycles. The third-order valence-corrected chi connectivity index (χ3v) is 9.43. The van der Waals surface area contributed by atoms with Crippen molar-refractivity contribution >= 4 is 61.4 Å². The Morgan fingerprint density at radius 3 is 1.96 bits per heavy atom. The van der Waals surface area contributed by atoms with Crippen molar-refractivity contribution in [3.8, 4) is 22.3 Å². The summed E-state index contributed by atoms with van der Waals surface area (Å²) < 4.78 is 6.57. The number of hydrogen-bond donors (Lipinski definition) is 1. The molecule has 9 rings (SSSR count). The van der Waals surface area contributed by atoms with Gasteiger partial charge in [-0.05, 0) is 62.2 Å².